The van der Waals surface area contributed by atoms with Crippen LogP contribution in [-0.2, 0) is 17.6 Å². The Morgan fingerprint density at radius 3 is 2.93 bits per heavy atom. The van der Waals surface area contributed by atoms with E-state index in [2.05, 4.69) is 26.2 Å². The van der Waals surface area contributed by atoms with Crippen molar-refractivity contribution < 1.29 is 9.89 Å². The Kier molecular flexibility index (Phi) is 5.69. The zero-order chi connectivity index (χ0) is 20.1. The quantitative estimate of drug-likeness (QED) is 0.548. The Morgan fingerprint density at radius 1 is 1.36 bits per heavy atom. The molecule has 0 radical (unpaired) electrons. The molecule has 3 rings (SSSR count). The van der Waals surface area contributed by atoms with E-state index < -0.39 is 0 Å². The maximum atomic E-state index is 12.4. The number of fused-ring (bicyclic) bond motifs is 1. The van der Waals surface area contributed by atoms with Crippen molar-refractivity contribution in [1.29, 1.82) is 5.26 Å². The summed E-state index contributed by atoms with van der Waals surface area (Å²) in [7, 11) is 1.74. The summed E-state index contributed by atoms with van der Waals surface area (Å²) in [4.78, 5) is 33.2. The number of nitrogens with two attached hydrogens (primary N) is 1. The topological polar surface area (TPSA) is 146 Å². The molecule has 5 N–H and O–H groups in total. The van der Waals surface area contributed by atoms with Crippen LogP contribution in [0, 0.1) is 11.3 Å². The highest BCUT2D eigenvalue weighted by Gasteiger charge is 2.15. The van der Waals surface area contributed by atoms with E-state index in [9.17, 15) is 9.59 Å². The number of benzene rings is 1. The lowest BCUT2D eigenvalue weighted by atomic mass is 10.1. The average Bonchev–Trinajstić information content (AvgIpc) is 3.05. The number of carbonyl (C=O) groups is 1. The number of hydrogen-bond acceptors (Lipinski definition) is 5. The fraction of sp³-hybridized carbons (Fsp3) is 0.316. The van der Waals surface area contributed by atoms with Gasteiger partial charge in [0, 0.05) is 26.4 Å². The highest BCUT2D eigenvalue weighted by Crippen LogP contribution is 2.11. The fourth-order valence-electron chi connectivity index (χ4n) is 3.03. The molecule has 0 saturated carbocycles. The molecule has 1 amide bonds. The average molecular weight is 380 g/mol. The van der Waals surface area contributed by atoms with Crippen molar-refractivity contribution in [2.24, 2.45) is 0 Å². The van der Waals surface area contributed by atoms with Crippen LogP contribution < -0.4 is 16.4 Å². The number of anilines is 1. The number of H-pyrrole nitrogens is 3. The molecule has 3 aromatic rings. The van der Waals surface area contributed by atoms with E-state index in [0.717, 1.165) is 5.69 Å². The number of carbonyl (C=O) groups excluding carboxylic acids is 1. The smallest absolute Gasteiger partial charge is 0.308 e. The van der Waals surface area contributed by atoms with Crippen molar-refractivity contribution in [3.8, 4) is 6.07 Å². The van der Waals surface area contributed by atoms with Gasteiger partial charge in [0.1, 0.15) is 11.9 Å². The van der Waals surface area contributed by atoms with Gasteiger partial charge in [0.25, 0.3) is 5.56 Å². The Hall–Kier alpha value is -3.67. The van der Waals surface area contributed by atoms with Crippen LogP contribution in [0.3, 0.4) is 0 Å². The van der Waals surface area contributed by atoms with Crippen LogP contribution in [0.4, 0.5) is 5.82 Å². The second kappa shape index (κ2) is 8.35. The van der Waals surface area contributed by atoms with Gasteiger partial charge in [-0.15, -0.1) is 0 Å². The molecule has 0 aliphatic rings. The molecular formula is C19H22N7O2+. The minimum Gasteiger partial charge on any atom is -0.346 e. The third kappa shape index (κ3) is 4.17. The summed E-state index contributed by atoms with van der Waals surface area (Å²) >= 11 is 0. The van der Waals surface area contributed by atoms with E-state index in [4.69, 9.17) is 11.0 Å². The zero-order valence-electron chi connectivity index (χ0n) is 15.6. The predicted molar refractivity (Wildman–Crippen MR) is 103 cm³/mol. The first kappa shape index (κ1) is 19.1. The summed E-state index contributed by atoms with van der Waals surface area (Å²) < 4.78 is 0. The van der Waals surface area contributed by atoms with Gasteiger partial charge in [-0.25, -0.2) is 10.1 Å². The molecule has 0 aliphatic carbocycles. The van der Waals surface area contributed by atoms with E-state index in [-0.39, 0.29) is 17.9 Å². The number of nitrogens with zero attached hydrogens (tertiary/aromatic N) is 3. The van der Waals surface area contributed by atoms with Crippen molar-refractivity contribution in [1.82, 2.24) is 20.0 Å². The molecule has 0 bridgehead atoms. The summed E-state index contributed by atoms with van der Waals surface area (Å²) in [6.45, 7) is 0.546. The minimum absolute atomic E-state index is 0.0334. The molecule has 0 aliphatic heterocycles. The molecule has 9 nitrogen and oxygen atoms in total. The van der Waals surface area contributed by atoms with E-state index >= 15 is 0 Å². The Bertz CT molecular complexity index is 1090. The number of nitriles is 1. The normalized spacial score (nSPS) is 10.7. The van der Waals surface area contributed by atoms with Gasteiger partial charge in [-0.05, 0) is 25.0 Å². The maximum absolute atomic E-state index is 12.4. The fourth-order valence-corrected chi connectivity index (χ4v) is 3.03. The SMILES string of the molecule is CN(CCCc1[nH][nH+]c(N)c1C#N)C(=O)CCc1nc2ccccc2c(=O)[nH]1. The second-order valence-electron chi connectivity index (χ2n) is 6.58. The lowest BCUT2D eigenvalue weighted by Crippen LogP contribution is -2.28. The van der Waals surface area contributed by atoms with Gasteiger partial charge in [-0.3, -0.25) is 15.3 Å². The monoisotopic (exact) mass is 380 g/mol. The van der Waals surface area contributed by atoms with E-state index in [0.29, 0.717) is 53.9 Å². The summed E-state index contributed by atoms with van der Waals surface area (Å²) in [5.74, 6) is 0.786. The largest absolute Gasteiger partial charge is 0.346 e. The number of amides is 1. The second-order valence-corrected chi connectivity index (χ2v) is 6.58. The lowest BCUT2D eigenvalue weighted by Gasteiger charge is -2.16. The molecule has 0 fully saturated rings. The predicted octanol–water partition coefficient (Wildman–Crippen LogP) is 0.543. The van der Waals surface area contributed by atoms with Crippen LogP contribution in [-0.4, -0.2) is 39.5 Å². The van der Waals surface area contributed by atoms with Gasteiger partial charge in [-0.1, -0.05) is 12.1 Å². The number of nitrogens with one attached hydrogen (secondary N) is 3. The third-order valence-corrected chi connectivity index (χ3v) is 4.61. The minimum atomic E-state index is -0.197. The molecule has 0 spiro atoms. The first-order valence-electron chi connectivity index (χ1n) is 8.99. The van der Waals surface area contributed by atoms with Gasteiger partial charge in [0.05, 0.1) is 16.6 Å². The number of hydrogen-bond donors (Lipinski definition) is 3. The number of nitrogen functional groups attached to an aromatic ring is 1. The lowest BCUT2D eigenvalue weighted by molar-refractivity contribution is -0.434. The van der Waals surface area contributed by atoms with Crippen LogP contribution in [0.15, 0.2) is 29.1 Å². The van der Waals surface area contributed by atoms with Gasteiger partial charge >= 0.3 is 5.82 Å². The van der Waals surface area contributed by atoms with E-state index in [1.807, 2.05) is 6.07 Å². The van der Waals surface area contributed by atoms with Crippen LogP contribution >= 0.6 is 0 Å². The Morgan fingerprint density at radius 2 is 2.14 bits per heavy atom. The van der Waals surface area contributed by atoms with Gasteiger partial charge in [-0.2, -0.15) is 10.4 Å². The first-order chi connectivity index (χ1) is 13.5. The van der Waals surface area contributed by atoms with E-state index in [1.165, 1.54) is 0 Å². The third-order valence-electron chi connectivity index (χ3n) is 4.61. The number of para-hydroxylation sites is 1. The van der Waals surface area contributed by atoms with Crippen molar-refractivity contribution in [2.75, 3.05) is 19.3 Å². The maximum Gasteiger partial charge on any atom is 0.308 e. The standard InChI is InChI=1S/C19H21N7O2/c1-26(10-4-7-15-13(11-20)18(21)25-24-15)17(27)9-8-16-22-14-6-3-2-5-12(14)19(28)23-16/h2-3,5-6H,4,7-10H2,1H3,(H3,21,24,25)(H,22,23,28)/p+1. The number of rotatable bonds is 7. The summed E-state index contributed by atoms with van der Waals surface area (Å²) in [5.41, 5.74) is 7.24. The van der Waals surface area contributed by atoms with Crippen LogP contribution in [0.2, 0.25) is 0 Å². The van der Waals surface area contributed by atoms with Gasteiger partial charge in [0.2, 0.25) is 5.91 Å². The van der Waals surface area contributed by atoms with Crippen molar-refractivity contribution in [3.63, 3.8) is 0 Å². The highest BCUT2D eigenvalue weighted by atomic mass is 16.2. The number of aromatic amines is 3. The van der Waals surface area contributed by atoms with Crippen molar-refractivity contribution >= 4 is 22.6 Å². The molecular weight excluding hydrogens is 358 g/mol. The summed E-state index contributed by atoms with van der Waals surface area (Å²) in [6.07, 6.45) is 1.91. The molecule has 0 saturated heterocycles. The molecule has 2 aromatic heterocycles. The molecule has 28 heavy (non-hydrogen) atoms. The Labute approximate surface area is 161 Å². The van der Waals surface area contributed by atoms with Crippen LogP contribution in [0.25, 0.3) is 10.9 Å². The van der Waals surface area contributed by atoms with Gasteiger partial charge < -0.3 is 9.88 Å². The van der Waals surface area contributed by atoms with Crippen molar-refractivity contribution in [3.05, 3.63) is 51.7 Å². The van der Waals surface area contributed by atoms with Crippen molar-refractivity contribution in [2.45, 2.75) is 25.7 Å². The Balaban J connectivity index is 1.52. The first-order valence-corrected chi connectivity index (χ1v) is 8.99. The number of aromatic nitrogens is 4. The van der Waals surface area contributed by atoms with E-state index in [1.54, 1.807) is 30.1 Å². The van der Waals surface area contributed by atoms with Crippen LogP contribution in [0.1, 0.15) is 29.9 Å². The number of aryl methyl sites for hydroxylation is 2. The molecule has 0 unspecified atom stereocenters. The molecule has 1 aromatic carbocycles. The summed E-state index contributed by atoms with van der Waals surface area (Å²) in [5, 5.41) is 15.2. The summed E-state index contributed by atoms with van der Waals surface area (Å²) in [6, 6.07) is 9.17. The molecule has 144 valence electrons. The highest BCUT2D eigenvalue weighted by molar-refractivity contribution is 5.78. The zero-order valence-corrected chi connectivity index (χ0v) is 15.6. The molecule has 9 heteroatoms. The van der Waals surface area contributed by atoms with Crippen LogP contribution in [0.5, 0.6) is 0 Å². The van der Waals surface area contributed by atoms with Gasteiger partial charge in [0.15, 0.2) is 5.56 Å². The molecule has 0 atom stereocenters. The molecule has 2 heterocycles.